The van der Waals surface area contributed by atoms with Gasteiger partial charge in [0.15, 0.2) is 0 Å². The van der Waals surface area contributed by atoms with Gasteiger partial charge in [0.25, 0.3) is 0 Å². The summed E-state index contributed by atoms with van der Waals surface area (Å²) >= 11 is 0. The predicted molar refractivity (Wildman–Crippen MR) is 69.8 cm³/mol. The number of nitrogen functional groups attached to an aromatic ring is 2. The normalized spacial score (nSPS) is 10.0. The third-order valence-corrected chi connectivity index (χ3v) is 2.57. The Hall–Kier alpha value is -2.22. The molecule has 2 rings (SSSR count). The van der Waals surface area contributed by atoms with E-state index in [0.29, 0.717) is 0 Å². The molecule has 0 spiro atoms. The van der Waals surface area contributed by atoms with Gasteiger partial charge in [-0.15, -0.1) is 0 Å². The molecule has 80 valence electrons. The Morgan fingerprint density at radius 2 is 1.12 bits per heavy atom. The van der Waals surface area contributed by atoms with Gasteiger partial charge in [0.2, 0.25) is 0 Å². The van der Waals surface area contributed by atoms with Crippen LogP contribution in [0.2, 0.25) is 0 Å². The zero-order chi connectivity index (χ0) is 11.5. The van der Waals surface area contributed by atoms with Gasteiger partial charge in [-0.3, -0.25) is 0 Å². The quantitative estimate of drug-likeness (QED) is 0.749. The number of benzene rings is 2. The molecular formula is C14H14N2. The maximum Gasteiger partial charge on any atom is 0.0393 e. The van der Waals surface area contributed by atoms with Crippen LogP contribution in [-0.2, 0) is 0 Å². The summed E-state index contributed by atoms with van der Waals surface area (Å²) in [5, 5.41) is 0. The summed E-state index contributed by atoms with van der Waals surface area (Å²) in [5.74, 6) is 0. The molecule has 0 fully saturated rings. The van der Waals surface area contributed by atoms with Gasteiger partial charge in [-0.2, -0.15) is 0 Å². The van der Waals surface area contributed by atoms with E-state index in [4.69, 9.17) is 11.5 Å². The average molecular weight is 210 g/mol. The molecule has 16 heavy (non-hydrogen) atoms. The van der Waals surface area contributed by atoms with Gasteiger partial charge in [-0.1, -0.05) is 43.0 Å². The van der Waals surface area contributed by atoms with E-state index in [2.05, 4.69) is 6.58 Å². The Bertz CT molecular complexity index is 482. The highest BCUT2D eigenvalue weighted by Gasteiger charge is 2.07. The van der Waals surface area contributed by atoms with E-state index in [0.717, 1.165) is 28.1 Å². The number of anilines is 2. The molecule has 0 atom stereocenters. The van der Waals surface area contributed by atoms with Crippen LogP contribution in [-0.4, -0.2) is 0 Å². The molecular weight excluding hydrogens is 196 g/mol. The molecule has 2 heteroatoms. The fraction of sp³-hybridized carbons (Fsp3) is 0. The molecule has 0 aliphatic rings. The fourth-order valence-corrected chi connectivity index (χ4v) is 1.69. The molecule has 0 aliphatic heterocycles. The number of para-hydroxylation sites is 2. The first kappa shape index (κ1) is 10.3. The summed E-state index contributed by atoms with van der Waals surface area (Å²) in [4.78, 5) is 0. The Kier molecular flexibility index (Phi) is 2.64. The SMILES string of the molecule is C=C(c1ccccc1N)c1ccccc1N. The number of nitrogens with two attached hydrogens (primary N) is 2. The standard InChI is InChI=1S/C14H14N2/c1-10(11-6-2-4-8-13(11)15)12-7-3-5-9-14(12)16/h2-9H,1,15-16H2. The lowest BCUT2D eigenvalue weighted by atomic mass is 9.97. The largest absolute Gasteiger partial charge is 0.398 e. The number of hydrogen-bond donors (Lipinski definition) is 2. The Morgan fingerprint density at radius 3 is 1.50 bits per heavy atom. The average Bonchev–Trinajstić information content (AvgIpc) is 2.29. The minimum absolute atomic E-state index is 0.718. The first-order chi connectivity index (χ1) is 7.70. The van der Waals surface area contributed by atoms with E-state index in [1.54, 1.807) is 0 Å². The third kappa shape index (κ3) is 1.77. The van der Waals surface area contributed by atoms with Crippen molar-refractivity contribution in [3.63, 3.8) is 0 Å². The molecule has 0 bridgehead atoms. The highest BCUT2D eigenvalue weighted by Crippen LogP contribution is 2.29. The Labute approximate surface area is 95.2 Å². The molecule has 0 radical (unpaired) electrons. The number of hydrogen-bond acceptors (Lipinski definition) is 2. The van der Waals surface area contributed by atoms with Crippen LogP contribution in [0.1, 0.15) is 11.1 Å². The van der Waals surface area contributed by atoms with Crippen molar-refractivity contribution in [1.29, 1.82) is 0 Å². The lowest BCUT2D eigenvalue weighted by Crippen LogP contribution is -1.97. The molecule has 0 saturated carbocycles. The summed E-state index contributed by atoms with van der Waals surface area (Å²) in [7, 11) is 0. The molecule has 0 saturated heterocycles. The van der Waals surface area contributed by atoms with Crippen molar-refractivity contribution in [1.82, 2.24) is 0 Å². The van der Waals surface area contributed by atoms with E-state index < -0.39 is 0 Å². The maximum absolute atomic E-state index is 5.91. The third-order valence-electron chi connectivity index (χ3n) is 2.57. The van der Waals surface area contributed by atoms with E-state index in [1.807, 2.05) is 48.5 Å². The van der Waals surface area contributed by atoms with Crippen LogP contribution >= 0.6 is 0 Å². The van der Waals surface area contributed by atoms with Crippen LogP contribution in [0.4, 0.5) is 11.4 Å². The molecule has 0 aromatic heterocycles. The summed E-state index contributed by atoms with van der Waals surface area (Å²) < 4.78 is 0. The van der Waals surface area contributed by atoms with Gasteiger partial charge < -0.3 is 11.5 Å². The van der Waals surface area contributed by atoms with Crippen LogP contribution in [0.25, 0.3) is 5.57 Å². The van der Waals surface area contributed by atoms with Crippen LogP contribution in [0.5, 0.6) is 0 Å². The minimum Gasteiger partial charge on any atom is -0.398 e. The monoisotopic (exact) mass is 210 g/mol. The molecule has 4 N–H and O–H groups in total. The maximum atomic E-state index is 5.91. The van der Waals surface area contributed by atoms with E-state index in [1.165, 1.54) is 0 Å². The van der Waals surface area contributed by atoms with Gasteiger partial charge in [-0.25, -0.2) is 0 Å². The first-order valence-corrected chi connectivity index (χ1v) is 5.09. The predicted octanol–water partition coefficient (Wildman–Crippen LogP) is 2.91. The van der Waals surface area contributed by atoms with Gasteiger partial charge in [0.05, 0.1) is 0 Å². The van der Waals surface area contributed by atoms with Crippen molar-refractivity contribution in [3.05, 3.63) is 66.2 Å². The second-order valence-corrected chi connectivity index (χ2v) is 3.65. The van der Waals surface area contributed by atoms with Crippen molar-refractivity contribution in [2.45, 2.75) is 0 Å². The second kappa shape index (κ2) is 4.11. The van der Waals surface area contributed by atoms with Crippen LogP contribution < -0.4 is 11.5 Å². The van der Waals surface area contributed by atoms with E-state index >= 15 is 0 Å². The van der Waals surface area contributed by atoms with Crippen molar-refractivity contribution in [2.24, 2.45) is 0 Å². The molecule has 2 aromatic rings. The topological polar surface area (TPSA) is 52.0 Å². The van der Waals surface area contributed by atoms with Gasteiger partial charge in [0.1, 0.15) is 0 Å². The summed E-state index contributed by atoms with van der Waals surface area (Å²) in [6.07, 6.45) is 0. The van der Waals surface area contributed by atoms with Crippen molar-refractivity contribution < 1.29 is 0 Å². The van der Waals surface area contributed by atoms with Crippen LogP contribution in [0.3, 0.4) is 0 Å². The Morgan fingerprint density at radius 1 is 0.750 bits per heavy atom. The van der Waals surface area contributed by atoms with E-state index in [9.17, 15) is 0 Å². The molecule has 2 nitrogen and oxygen atoms in total. The Balaban J connectivity index is 2.48. The van der Waals surface area contributed by atoms with Crippen LogP contribution in [0.15, 0.2) is 55.1 Å². The molecule has 0 amide bonds. The summed E-state index contributed by atoms with van der Waals surface area (Å²) in [6.45, 7) is 4.06. The molecule has 0 aliphatic carbocycles. The molecule has 0 heterocycles. The lowest BCUT2D eigenvalue weighted by molar-refractivity contribution is 1.55. The van der Waals surface area contributed by atoms with E-state index in [-0.39, 0.29) is 0 Å². The molecule has 0 unspecified atom stereocenters. The molecule has 2 aromatic carbocycles. The van der Waals surface area contributed by atoms with Crippen LogP contribution in [0, 0.1) is 0 Å². The minimum atomic E-state index is 0.718. The fourth-order valence-electron chi connectivity index (χ4n) is 1.69. The highest BCUT2D eigenvalue weighted by molar-refractivity contribution is 5.88. The highest BCUT2D eigenvalue weighted by atomic mass is 14.6. The number of rotatable bonds is 2. The lowest BCUT2D eigenvalue weighted by Gasteiger charge is -2.11. The van der Waals surface area contributed by atoms with Crippen molar-refractivity contribution >= 4 is 16.9 Å². The first-order valence-electron chi connectivity index (χ1n) is 5.09. The summed E-state index contributed by atoms with van der Waals surface area (Å²) in [5.41, 5.74) is 16.0. The zero-order valence-corrected chi connectivity index (χ0v) is 8.98. The van der Waals surface area contributed by atoms with Crippen molar-refractivity contribution in [2.75, 3.05) is 11.5 Å². The second-order valence-electron chi connectivity index (χ2n) is 3.65. The van der Waals surface area contributed by atoms with Crippen molar-refractivity contribution in [3.8, 4) is 0 Å². The summed E-state index contributed by atoms with van der Waals surface area (Å²) in [6, 6.07) is 15.3. The van der Waals surface area contributed by atoms with Gasteiger partial charge in [0, 0.05) is 22.5 Å². The zero-order valence-electron chi connectivity index (χ0n) is 8.98. The van der Waals surface area contributed by atoms with Gasteiger partial charge in [-0.05, 0) is 17.7 Å². The van der Waals surface area contributed by atoms with Gasteiger partial charge >= 0.3 is 0 Å². The smallest absolute Gasteiger partial charge is 0.0393 e.